The summed E-state index contributed by atoms with van der Waals surface area (Å²) < 4.78 is 0. The second-order valence-corrected chi connectivity index (χ2v) is 6.00. The van der Waals surface area contributed by atoms with Gasteiger partial charge in [-0.05, 0) is 63.8 Å². The summed E-state index contributed by atoms with van der Waals surface area (Å²) in [5.74, 6) is 0. The van der Waals surface area contributed by atoms with Gasteiger partial charge in [0.05, 0.1) is 11.1 Å². The summed E-state index contributed by atoms with van der Waals surface area (Å²) in [6.07, 6.45) is 0. The summed E-state index contributed by atoms with van der Waals surface area (Å²) in [6.45, 7) is 12.4. The van der Waals surface area contributed by atoms with E-state index in [0.29, 0.717) is 5.71 Å². The van der Waals surface area contributed by atoms with Crippen molar-refractivity contribution in [3.8, 4) is 0 Å². The number of hydrogen-bond donors (Lipinski definition) is 0. The average Bonchev–Trinajstić information content (AvgIpc) is 2.34. The van der Waals surface area contributed by atoms with Gasteiger partial charge in [-0.25, -0.2) is 0 Å². The van der Waals surface area contributed by atoms with Crippen molar-refractivity contribution in [2.75, 3.05) is 0 Å². The second kappa shape index (κ2) is 5.67. The average molecular weight is 278 g/mol. The highest BCUT2D eigenvalue weighted by atomic mass is 14.9. The first-order valence-corrected chi connectivity index (χ1v) is 7.23. The molecule has 2 rings (SSSR count). The molecule has 2 nitrogen and oxygen atoms in total. The Morgan fingerprint density at radius 1 is 0.667 bits per heavy atom. The van der Waals surface area contributed by atoms with Crippen LogP contribution in [0.5, 0.6) is 0 Å². The van der Waals surface area contributed by atoms with E-state index in [4.69, 9.17) is 0 Å². The minimum Gasteiger partial charge on any atom is -0.361 e. The third kappa shape index (κ3) is 2.81. The summed E-state index contributed by atoms with van der Waals surface area (Å²) in [5.41, 5.74) is 19.4. The number of benzene rings is 2. The summed E-state index contributed by atoms with van der Waals surface area (Å²) >= 11 is 0. The first kappa shape index (κ1) is 15.2. The smallest absolute Gasteiger partial charge is 0.330 e. The highest BCUT2D eigenvalue weighted by Crippen LogP contribution is 2.24. The maximum absolute atomic E-state index is 9.66. The highest BCUT2D eigenvalue weighted by molar-refractivity contribution is 6.12. The normalized spacial score (nSPS) is 10.4. The van der Waals surface area contributed by atoms with Gasteiger partial charge in [0.25, 0.3) is 0 Å². The molecule has 0 unspecified atom stereocenters. The second-order valence-electron chi connectivity index (χ2n) is 6.00. The Balaban J connectivity index is 2.77. The largest absolute Gasteiger partial charge is 0.361 e. The Labute approximate surface area is 127 Å². The van der Waals surface area contributed by atoms with Crippen LogP contribution in [0.3, 0.4) is 0 Å². The monoisotopic (exact) mass is 278 g/mol. The third-order valence-corrected chi connectivity index (χ3v) is 3.93. The van der Waals surface area contributed by atoms with E-state index in [9.17, 15) is 5.53 Å². The van der Waals surface area contributed by atoms with Crippen molar-refractivity contribution in [1.82, 2.24) is 0 Å². The lowest BCUT2D eigenvalue weighted by molar-refractivity contribution is -0.00295. The molecule has 0 saturated carbocycles. The molecule has 108 valence electrons. The molecule has 0 atom stereocenters. The van der Waals surface area contributed by atoms with Crippen molar-refractivity contribution in [2.24, 2.45) is 0 Å². The molecular weight excluding hydrogens is 256 g/mol. The van der Waals surface area contributed by atoms with Gasteiger partial charge in [-0.15, -0.1) is 0 Å². The third-order valence-electron chi connectivity index (χ3n) is 3.93. The molecule has 0 aromatic heterocycles. The Kier molecular flexibility index (Phi) is 4.11. The molecule has 0 amide bonds. The topological polar surface area (TPSA) is 36.4 Å². The summed E-state index contributed by atoms with van der Waals surface area (Å²) in [6, 6.07) is 8.53. The molecule has 0 radical (unpaired) electrons. The zero-order valence-electron chi connectivity index (χ0n) is 13.7. The van der Waals surface area contributed by atoms with Crippen LogP contribution in [-0.2, 0) is 0 Å². The number of aryl methyl sites for hydroxylation is 6. The predicted octanol–water partition coefficient (Wildman–Crippen LogP) is 4.60. The fourth-order valence-corrected chi connectivity index (χ4v) is 3.33. The van der Waals surface area contributed by atoms with Crippen LogP contribution in [-0.4, -0.2) is 10.5 Å². The first-order valence-electron chi connectivity index (χ1n) is 7.23. The SMILES string of the molecule is Cc1cc(C)c(C(=[N+]=[N-])c2c(C)cc(C)cc2C)c(C)c1. The highest BCUT2D eigenvalue weighted by Gasteiger charge is 2.24. The first-order chi connectivity index (χ1) is 9.85. The fourth-order valence-electron chi connectivity index (χ4n) is 3.33. The Hall–Kier alpha value is -2.18. The van der Waals surface area contributed by atoms with Crippen LogP contribution in [0, 0.1) is 41.5 Å². The molecular formula is C19H22N2. The molecule has 21 heavy (non-hydrogen) atoms. The molecule has 0 aliphatic carbocycles. The van der Waals surface area contributed by atoms with Gasteiger partial charge in [-0.1, -0.05) is 35.4 Å². The number of nitrogens with zero attached hydrogens (tertiary/aromatic N) is 2. The lowest BCUT2D eigenvalue weighted by atomic mass is 9.88. The van der Waals surface area contributed by atoms with E-state index in [0.717, 1.165) is 33.4 Å². The van der Waals surface area contributed by atoms with Gasteiger partial charge in [0.2, 0.25) is 0 Å². The van der Waals surface area contributed by atoms with E-state index < -0.39 is 0 Å². The van der Waals surface area contributed by atoms with Gasteiger partial charge in [-0.2, -0.15) is 4.79 Å². The molecule has 2 aromatic rings. The van der Waals surface area contributed by atoms with Crippen molar-refractivity contribution >= 4 is 5.71 Å². The molecule has 0 bridgehead atoms. The zero-order valence-corrected chi connectivity index (χ0v) is 13.7. The van der Waals surface area contributed by atoms with Crippen molar-refractivity contribution in [3.63, 3.8) is 0 Å². The zero-order chi connectivity index (χ0) is 15.7. The molecule has 0 spiro atoms. The van der Waals surface area contributed by atoms with E-state index in [1.807, 2.05) is 0 Å². The molecule has 0 fully saturated rings. The minimum atomic E-state index is 0.667. The molecule has 0 aliphatic rings. The van der Waals surface area contributed by atoms with Crippen LogP contribution < -0.4 is 0 Å². The van der Waals surface area contributed by atoms with E-state index in [-0.39, 0.29) is 0 Å². The van der Waals surface area contributed by atoms with Crippen LogP contribution in [0.25, 0.3) is 5.53 Å². The van der Waals surface area contributed by atoms with E-state index in [1.165, 1.54) is 11.1 Å². The molecule has 2 aromatic carbocycles. The fraction of sp³-hybridized carbons (Fsp3) is 0.316. The quantitative estimate of drug-likeness (QED) is 0.437. The van der Waals surface area contributed by atoms with Crippen molar-refractivity contribution in [1.29, 1.82) is 0 Å². The predicted molar refractivity (Wildman–Crippen MR) is 88.1 cm³/mol. The van der Waals surface area contributed by atoms with Gasteiger partial charge in [0.1, 0.15) is 0 Å². The van der Waals surface area contributed by atoms with E-state index >= 15 is 0 Å². The molecule has 0 N–H and O–H groups in total. The Morgan fingerprint density at radius 3 is 1.19 bits per heavy atom. The van der Waals surface area contributed by atoms with Gasteiger partial charge in [0.15, 0.2) is 0 Å². The van der Waals surface area contributed by atoms with Crippen LogP contribution in [0.2, 0.25) is 0 Å². The lowest BCUT2D eigenvalue weighted by Crippen LogP contribution is -2.13. The maximum Gasteiger partial charge on any atom is 0.330 e. The van der Waals surface area contributed by atoms with Gasteiger partial charge < -0.3 is 5.53 Å². The van der Waals surface area contributed by atoms with Crippen molar-refractivity contribution < 1.29 is 4.79 Å². The summed E-state index contributed by atoms with van der Waals surface area (Å²) in [7, 11) is 0. The van der Waals surface area contributed by atoms with E-state index in [1.54, 1.807) is 0 Å². The van der Waals surface area contributed by atoms with Crippen LogP contribution in [0.4, 0.5) is 0 Å². The lowest BCUT2D eigenvalue weighted by Gasteiger charge is -2.12. The van der Waals surface area contributed by atoms with Gasteiger partial charge in [-0.3, -0.25) is 0 Å². The standard InChI is InChI=1S/C19H22N2/c1-11-7-13(3)17(14(4)8-11)19(21-20)18-15(5)9-12(2)10-16(18)6/h7-10H,1-6H3. The van der Waals surface area contributed by atoms with Crippen molar-refractivity contribution in [3.05, 3.63) is 74.3 Å². The molecule has 0 saturated heterocycles. The molecule has 2 heteroatoms. The van der Waals surface area contributed by atoms with Gasteiger partial charge >= 0.3 is 5.71 Å². The number of hydrogen-bond acceptors (Lipinski definition) is 0. The van der Waals surface area contributed by atoms with Crippen LogP contribution >= 0.6 is 0 Å². The minimum absolute atomic E-state index is 0.667. The Morgan fingerprint density at radius 2 is 0.952 bits per heavy atom. The maximum atomic E-state index is 9.66. The summed E-state index contributed by atoms with van der Waals surface area (Å²) in [5, 5.41) is 0. The number of rotatable bonds is 2. The molecule has 0 aliphatic heterocycles. The van der Waals surface area contributed by atoms with Crippen LogP contribution in [0.1, 0.15) is 44.5 Å². The molecule has 0 heterocycles. The van der Waals surface area contributed by atoms with E-state index in [2.05, 4.69) is 70.6 Å². The van der Waals surface area contributed by atoms with Crippen LogP contribution in [0.15, 0.2) is 24.3 Å². The van der Waals surface area contributed by atoms with Crippen molar-refractivity contribution in [2.45, 2.75) is 41.5 Å². The summed E-state index contributed by atoms with van der Waals surface area (Å²) in [4.78, 5) is 3.65. The van der Waals surface area contributed by atoms with Gasteiger partial charge in [0, 0.05) is 0 Å². The Bertz CT molecular complexity index is 658.